The fourth-order valence-electron chi connectivity index (χ4n) is 13.1. The number of sulfonamides is 4. The molecule has 0 spiro atoms. The number of fused-ring (bicyclic) bond motifs is 4. The summed E-state index contributed by atoms with van der Waals surface area (Å²) >= 11 is 0. The van der Waals surface area contributed by atoms with Crippen molar-refractivity contribution in [1.29, 1.82) is 0 Å². The number of H-pyrrole nitrogens is 4. The molecule has 0 bridgehead atoms. The van der Waals surface area contributed by atoms with Crippen LogP contribution in [0.15, 0.2) is 173 Å². The molecule has 39 heteroatoms. The lowest BCUT2D eigenvalue weighted by Crippen LogP contribution is -2.26. The molecule has 34 nitrogen and oxygen atoms in total. The third-order valence-corrected chi connectivity index (χ3v) is 20.4. The Morgan fingerprint density at radius 1 is 0.447 bits per heavy atom. The van der Waals surface area contributed by atoms with Crippen molar-refractivity contribution in [2.75, 3.05) is 76.9 Å². The Morgan fingerprint density at radius 2 is 0.833 bits per heavy atom. The summed E-state index contributed by atoms with van der Waals surface area (Å²) in [7, 11) is -13.8. The summed E-state index contributed by atoms with van der Waals surface area (Å²) in [6.07, 6.45) is 29.4. The quantitative estimate of drug-likeness (QED) is 0.0333. The normalized spacial score (nSPS) is 14.5. The van der Waals surface area contributed by atoms with Crippen LogP contribution in [-0.4, -0.2) is 161 Å². The first kappa shape index (κ1) is 81.7. The summed E-state index contributed by atoms with van der Waals surface area (Å²) in [6.45, 7) is 10.4. The minimum Gasteiger partial charge on any atom is -0.487 e. The smallest absolute Gasteiger partial charge is 0.272 e. The molecule has 8 N–H and O–H groups in total. The van der Waals surface area contributed by atoms with Gasteiger partial charge < -0.3 is 66.0 Å². The fraction of sp³-hybridized carbons (Fsp3) is 0.280. The van der Waals surface area contributed by atoms with Gasteiger partial charge in [-0.15, -0.1) is 0 Å². The van der Waals surface area contributed by atoms with Crippen LogP contribution < -0.4 is 60.1 Å². The zero-order valence-electron chi connectivity index (χ0n) is 62.8. The van der Waals surface area contributed by atoms with Gasteiger partial charge in [-0.25, -0.2) is 48.6 Å². The van der Waals surface area contributed by atoms with Gasteiger partial charge in [0.1, 0.15) is 45.8 Å². The van der Waals surface area contributed by atoms with Gasteiger partial charge in [0, 0.05) is 86.3 Å². The third-order valence-electron chi connectivity index (χ3n) is 18.0. The minimum absolute atomic E-state index is 0. The minimum atomic E-state index is -3.49. The van der Waals surface area contributed by atoms with Crippen LogP contribution in [-0.2, 0) is 49.6 Å². The largest absolute Gasteiger partial charge is 0.487 e. The number of nitrogens with zero attached hydrogens (tertiary/aromatic N) is 8. The Bertz CT molecular complexity index is 6500. The Hall–Kier alpha value is -11.8. The molecular weight excluding hydrogens is 1570 g/mol. The Labute approximate surface area is 660 Å². The average molecular weight is 1660 g/mol. The average Bonchev–Trinajstić information content (AvgIpc) is 1.63. The third kappa shape index (κ3) is 19.8. The molecule has 2 saturated heterocycles. The standard InChI is InChI=1S/C19H17N5O4S.C19H22N4O5S.C19H21N3O5S.C18H20N4O4S.H2S/c1-12-8-16(24-7-6-21-18(25)17(12)24)15-9-13(23-29(2,26)27)10-22-19(15)28-14-4-3-5-20-11-14;1-12-9-16(23-6-5-20-18(24)17(12)23)15-10-13(22-29(2,25)26)11-21-19(15)28-14-3-7-27-8-4-14;1-12-9-16(22-7-6-20-19(23)18(12)22)15-10-13(21-28(2,24)25)3-4-17(15)27-14-5-8-26-11-14;1-11-7-15(22-6-5-19-17(23)16(11)22)14-8-13(21-27(2,24)25)9-20-18(14)26-10-12-3-4-12;/h3-11,23H,1-2H3,(H,21,25);5-6,9-11,14,22H,3-4,7-8H2,1-2H3,(H,20,24);3-4,6-7,9-10,14,21H,5,8,11H2,1-2H3,(H,20,23);5-9,12,21H,3-4,10H2,1-2H3,(H,19,23);1H2/t;;14-;;/m..0../s1. The number of hydrogen-bond acceptors (Lipinski definition) is 22. The monoisotopic (exact) mass is 1650 g/mol. The van der Waals surface area contributed by atoms with E-state index in [0.717, 1.165) is 85.1 Å². The topological polar surface area (TPSA) is 441 Å². The van der Waals surface area contributed by atoms with Crippen molar-refractivity contribution in [3.05, 3.63) is 217 Å². The first-order valence-electron chi connectivity index (χ1n) is 35.3. The first-order chi connectivity index (χ1) is 53.8. The van der Waals surface area contributed by atoms with Gasteiger partial charge in [0.15, 0.2) is 0 Å². The van der Waals surface area contributed by atoms with Crippen molar-refractivity contribution in [1.82, 2.24) is 57.5 Å². The van der Waals surface area contributed by atoms with Crippen LogP contribution in [0.2, 0.25) is 0 Å². The molecule has 0 radical (unpaired) electrons. The molecule has 0 unspecified atom stereocenters. The van der Waals surface area contributed by atoms with Crippen LogP contribution >= 0.6 is 13.5 Å². The van der Waals surface area contributed by atoms with Gasteiger partial charge >= 0.3 is 0 Å². The number of aromatic nitrogens is 12. The molecule has 1 aromatic carbocycles. The molecule has 14 heterocycles. The van der Waals surface area contributed by atoms with Crippen molar-refractivity contribution in [3.63, 3.8) is 0 Å². The van der Waals surface area contributed by atoms with E-state index in [2.05, 4.69) is 58.8 Å². The number of rotatable bonds is 21. The van der Waals surface area contributed by atoms with Crippen LogP contribution in [0.25, 0.3) is 67.1 Å². The highest BCUT2D eigenvalue weighted by atomic mass is 32.2. The van der Waals surface area contributed by atoms with E-state index in [-0.39, 0.29) is 59.5 Å². The van der Waals surface area contributed by atoms with Crippen molar-refractivity contribution in [3.8, 4) is 74.2 Å². The van der Waals surface area contributed by atoms with Gasteiger partial charge in [-0.2, -0.15) is 13.5 Å². The highest BCUT2D eigenvalue weighted by molar-refractivity contribution is 7.92. The van der Waals surface area contributed by atoms with E-state index >= 15 is 0 Å². The summed E-state index contributed by atoms with van der Waals surface area (Å²) in [4.78, 5) is 76.7. The molecule has 16 rings (SSSR count). The highest BCUT2D eigenvalue weighted by Gasteiger charge is 2.28. The summed E-state index contributed by atoms with van der Waals surface area (Å²) in [6, 6.07) is 21.0. The van der Waals surface area contributed by atoms with E-state index in [1.165, 1.54) is 24.8 Å². The zero-order chi connectivity index (χ0) is 80.3. The lowest BCUT2D eigenvalue weighted by Gasteiger charge is -2.24. The number of benzene rings is 1. The van der Waals surface area contributed by atoms with E-state index in [4.69, 9.17) is 28.4 Å². The maximum Gasteiger partial charge on any atom is 0.272 e. The second-order valence-electron chi connectivity index (χ2n) is 27.4. The molecule has 1 atom stereocenters. The predicted molar refractivity (Wildman–Crippen MR) is 437 cm³/mol. The zero-order valence-corrected chi connectivity index (χ0v) is 67.1. The summed E-state index contributed by atoms with van der Waals surface area (Å²) in [5.41, 5.74) is 11.0. The molecule has 600 valence electrons. The number of ether oxygens (including phenoxy) is 6. The maximum absolute atomic E-state index is 12.3. The number of aryl methyl sites for hydroxylation is 4. The van der Waals surface area contributed by atoms with E-state index < -0.39 is 40.1 Å². The molecule has 13 aromatic rings. The van der Waals surface area contributed by atoms with Crippen LogP contribution in [0, 0.1) is 33.6 Å². The van der Waals surface area contributed by atoms with Gasteiger partial charge in [0.05, 0.1) is 139 Å². The van der Waals surface area contributed by atoms with Gasteiger partial charge in [0.25, 0.3) is 22.2 Å². The molecule has 1 saturated carbocycles. The first-order valence-corrected chi connectivity index (χ1v) is 42.9. The SMILES string of the molecule is Cc1cc(-c2cc(NS(C)(=O)=O)ccc2O[C@H]2CCOC2)n2cc[nH]c(=O)c12.Cc1cc(-c2cc(NS(C)(=O)=O)cnc2OC2CCOCC2)n2cc[nH]c(=O)c12.Cc1cc(-c2cc(NS(C)(=O)=O)cnc2OCC2CC2)n2cc[nH]c(=O)c12.Cc1cc(-c2cc(NS(C)(=O)=O)cnc2Oc2cccnc2)n2cc[nH]c(=O)c12.S. The van der Waals surface area contributed by atoms with Gasteiger partial charge in [0.2, 0.25) is 57.7 Å². The van der Waals surface area contributed by atoms with Crippen molar-refractivity contribution >= 4 is 98.4 Å². The molecule has 0 amide bonds. The van der Waals surface area contributed by atoms with Gasteiger partial charge in [-0.1, -0.05) is 0 Å². The summed E-state index contributed by atoms with van der Waals surface area (Å²) < 4.78 is 145. The van der Waals surface area contributed by atoms with E-state index in [1.807, 2.05) is 52.0 Å². The number of anilines is 4. The number of hydrogen-bond donors (Lipinski definition) is 8. The summed E-state index contributed by atoms with van der Waals surface area (Å²) in [5.74, 6) is 2.67. The highest BCUT2D eigenvalue weighted by Crippen LogP contribution is 2.40. The number of nitrogens with one attached hydrogen (secondary N) is 8. The molecule has 2 aliphatic heterocycles. The lowest BCUT2D eigenvalue weighted by atomic mass is 10.1. The fourth-order valence-corrected chi connectivity index (χ4v) is 15.3. The molecule has 1 aliphatic carbocycles. The van der Waals surface area contributed by atoms with Crippen molar-refractivity contribution in [2.45, 2.75) is 72.0 Å². The van der Waals surface area contributed by atoms with Crippen LogP contribution in [0.3, 0.4) is 0 Å². The van der Waals surface area contributed by atoms with Crippen molar-refractivity contribution < 1.29 is 62.1 Å². The van der Waals surface area contributed by atoms with Gasteiger partial charge in [-0.3, -0.25) is 43.1 Å². The second kappa shape index (κ2) is 33.9. The van der Waals surface area contributed by atoms with E-state index in [0.29, 0.717) is 141 Å². The Balaban J connectivity index is 0.000000140. The molecule has 12 aromatic heterocycles. The van der Waals surface area contributed by atoms with Crippen LogP contribution in [0.4, 0.5) is 22.7 Å². The number of aromatic amines is 4. The van der Waals surface area contributed by atoms with E-state index in [9.17, 15) is 52.8 Å². The van der Waals surface area contributed by atoms with Crippen LogP contribution in [0.1, 0.15) is 54.4 Å². The Morgan fingerprint density at radius 3 is 1.25 bits per heavy atom. The maximum atomic E-state index is 12.3. The molecule has 114 heavy (non-hydrogen) atoms. The lowest BCUT2D eigenvalue weighted by molar-refractivity contribution is 0.0240. The summed E-state index contributed by atoms with van der Waals surface area (Å²) in [5, 5.41) is 0. The van der Waals surface area contributed by atoms with Crippen LogP contribution in [0.5, 0.6) is 29.1 Å². The second-order valence-corrected chi connectivity index (χ2v) is 34.4. The van der Waals surface area contributed by atoms with Gasteiger partial charge in [-0.05, 0) is 142 Å². The molecular formula is C75H82N16O18S5. The molecule has 3 fully saturated rings. The molecule has 3 aliphatic rings. The Kier molecular flexibility index (Phi) is 24.3. The number of pyridine rings is 4. The van der Waals surface area contributed by atoms with E-state index in [1.54, 1.807) is 122 Å². The predicted octanol–water partition coefficient (Wildman–Crippen LogP) is 8.90. The van der Waals surface area contributed by atoms with Crippen molar-refractivity contribution in [2.24, 2.45) is 5.92 Å².